The van der Waals surface area contributed by atoms with Gasteiger partial charge < -0.3 is 4.74 Å². The SMILES string of the molecule is COCC[SH](c1ccccc1)c1ccccc1. The third kappa shape index (κ3) is 3.35. The highest BCUT2D eigenvalue weighted by atomic mass is 32.2. The summed E-state index contributed by atoms with van der Waals surface area (Å²) in [5, 5.41) is 0. The van der Waals surface area contributed by atoms with Crippen molar-refractivity contribution in [3.8, 4) is 0 Å². The number of methoxy groups -OCH3 is 1. The molecule has 2 heteroatoms. The van der Waals surface area contributed by atoms with Crippen LogP contribution in [0.3, 0.4) is 0 Å². The Hall–Kier alpha value is -1.25. The van der Waals surface area contributed by atoms with E-state index in [0.717, 1.165) is 12.4 Å². The van der Waals surface area contributed by atoms with Crippen molar-refractivity contribution in [1.29, 1.82) is 0 Å². The fraction of sp³-hybridized carbons (Fsp3) is 0.200. The second kappa shape index (κ2) is 6.48. The van der Waals surface area contributed by atoms with Gasteiger partial charge in [-0.25, -0.2) is 0 Å². The zero-order chi connectivity index (χ0) is 11.9. The van der Waals surface area contributed by atoms with E-state index < -0.39 is 0 Å². The van der Waals surface area contributed by atoms with Gasteiger partial charge in [-0.1, -0.05) is 60.7 Å². The third-order valence-corrected chi connectivity index (χ3v) is 5.13. The molecule has 0 N–H and O–H groups in total. The lowest BCUT2D eigenvalue weighted by molar-refractivity contribution is 0.218. The van der Waals surface area contributed by atoms with Crippen molar-refractivity contribution in [2.24, 2.45) is 0 Å². The maximum Gasteiger partial charge on any atom is 0.0542 e. The summed E-state index contributed by atoms with van der Waals surface area (Å²) >= 11 is 0. The van der Waals surface area contributed by atoms with Gasteiger partial charge in [0, 0.05) is 12.9 Å². The van der Waals surface area contributed by atoms with Crippen molar-refractivity contribution in [3.63, 3.8) is 0 Å². The van der Waals surface area contributed by atoms with Crippen LogP contribution in [0.15, 0.2) is 70.5 Å². The van der Waals surface area contributed by atoms with Crippen LogP contribution in [0.2, 0.25) is 0 Å². The minimum Gasteiger partial charge on any atom is -0.384 e. The van der Waals surface area contributed by atoms with Crippen molar-refractivity contribution in [3.05, 3.63) is 60.7 Å². The van der Waals surface area contributed by atoms with Gasteiger partial charge in [0.1, 0.15) is 0 Å². The number of rotatable bonds is 5. The normalized spacial score (nSPS) is 11.2. The molecule has 0 fully saturated rings. The molecule has 2 aromatic carbocycles. The maximum absolute atomic E-state index is 5.23. The molecule has 0 aliphatic heterocycles. The van der Waals surface area contributed by atoms with Crippen LogP contribution in [0.5, 0.6) is 0 Å². The Kier molecular flexibility index (Phi) is 4.65. The molecular weight excluding hydrogens is 228 g/mol. The third-order valence-electron chi connectivity index (χ3n) is 2.65. The number of thiol groups is 1. The summed E-state index contributed by atoms with van der Waals surface area (Å²) in [6, 6.07) is 21.4. The van der Waals surface area contributed by atoms with Crippen LogP contribution in [0, 0.1) is 0 Å². The van der Waals surface area contributed by atoms with Gasteiger partial charge in [-0.2, -0.15) is 10.9 Å². The monoisotopic (exact) mass is 246 g/mol. The molecule has 0 heterocycles. The van der Waals surface area contributed by atoms with Crippen LogP contribution in [-0.2, 0) is 4.74 Å². The van der Waals surface area contributed by atoms with E-state index in [9.17, 15) is 0 Å². The first-order valence-electron chi connectivity index (χ1n) is 5.78. The smallest absolute Gasteiger partial charge is 0.0542 e. The highest BCUT2D eigenvalue weighted by molar-refractivity contribution is 8.17. The Morgan fingerprint density at radius 1 is 0.824 bits per heavy atom. The first-order valence-corrected chi connectivity index (χ1v) is 7.31. The van der Waals surface area contributed by atoms with Crippen molar-refractivity contribution in [1.82, 2.24) is 0 Å². The Labute approximate surface area is 106 Å². The number of benzene rings is 2. The van der Waals surface area contributed by atoms with Gasteiger partial charge in [-0.05, 0) is 9.79 Å². The number of hydrogen-bond acceptors (Lipinski definition) is 1. The molecule has 0 atom stereocenters. The molecule has 90 valence electrons. The second-order valence-electron chi connectivity index (χ2n) is 3.82. The van der Waals surface area contributed by atoms with Crippen LogP contribution in [0.1, 0.15) is 0 Å². The standard InChI is InChI=1S/C15H18OS/c1-16-12-13-17(14-8-4-2-5-9-14)15-10-6-3-7-11-15/h2-11,17H,12-13H2,1H3. The molecular formula is C15H18OS. The minimum absolute atomic E-state index is 0.282. The zero-order valence-corrected chi connectivity index (χ0v) is 10.9. The Bertz CT molecular complexity index is 388. The lowest BCUT2D eigenvalue weighted by atomic mass is 10.4. The van der Waals surface area contributed by atoms with Crippen molar-refractivity contribution < 1.29 is 4.74 Å². The van der Waals surface area contributed by atoms with Crippen LogP contribution in [0.25, 0.3) is 0 Å². The molecule has 0 bridgehead atoms. The van der Waals surface area contributed by atoms with Crippen molar-refractivity contribution in [2.75, 3.05) is 19.5 Å². The van der Waals surface area contributed by atoms with Crippen molar-refractivity contribution in [2.45, 2.75) is 9.79 Å². The van der Waals surface area contributed by atoms with E-state index in [1.165, 1.54) is 9.79 Å². The molecule has 0 saturated carbocycles. The summed E-state index contributed by atoms with van der Waals surface area (Å²) < 4.78 is 5.23. The predicted octanol–water partition coefficient (Wildman–Crippen LogP) is 3.75. The summed E-state index contributed by atoms with van der Waals surface area (Å²) in [5.74, 6) is 1.08. The molecule has 0 radical (unpaired) electrons. The summed E-state index contributed by atoms with van der Waals surface area (Å²) in [4.78, 5) is 2.84. The molecule has 0 amide bonds. The lowest BCUT2D eigenvalue weighted by Crippen LogP contribution is -1.99. The molecule has 0 aromatic heterocycles. The number of hydrogen-bond donors (Lipinski definition) is 1. The van der Waals surface area contributed by atoms with E-state index in [2.05, 4.69) is 60.7 Å². The molecule has 0 unspecified atom stereocenters. The van der Waals surface area contributed by atoms with E-state index in [1.54, 1.807) is 7.11 Å². The highest BCUT2D eigenvalue weighted by Crippen LogP contribution is 2.43. The Morgan fingerprint density at radius 3 is 1.71 bits per heavy atom. The first-order chi connectivity index (χ1) is 8.42. The van der Waals surface area contributed by atoms with Crippen LogP contribution < -0.4 is 0 Å². The molecule has 1 nitrogen and oxygen atoms in total. The average Bonchev–Trinajstić information content (AvgIpc) is 2.42. The Morgan fingerprint density at radius 2 is 1.29 bits per heavy atom. The summed E-state index contributed by atoms with van der Waals surface area (Å²) in [7, 11) is 1.49. The van der Waals surface area contributed by atoms with Crippen LogP contribution in [-0.4, -0.2) is 19.5 Å². The quantitative estimate of drug-likeness (QED) is 0.790. The van der Waals surface area contributed by atoms with Gasteiger partial charge in [0.25, 0.3) is 0 Å². The van der Waals surface area contributed by atoms with E-state index >= 15 is 0 Å². The topological polar surface area (TPSA) is 9.23 Å². The molecule has 0 saturated heterocycles. The van der Waals surface area contributed by atoms with Crippen molar-refractivity contribution >= 4 is 10.9 Å². The molecule has 17 heavy (non-hydrogen) atoms. The fourth-order valence-corrected chi connectivity index (χ4v) is 4.05. The van der Waals surface area contributed by atoms with E-state index in [1.807, 2.05) is 0 Å². The predicted molar refractivity (Wildman–Crippen MR) is 75.1 cm³/mol. The largest absolute Gasteiger partial charge is 0.384 e. The second-order valence-corrected chi connectivity index (χ2v) is 6.15. The fourth-order valence-electron chi connectivity index (χ4n) is 1.81. The molecule has 0 aliphatic rings. The van der Waals surface area contributed by atoms with Gasteiger partial charge in [-0.15, -0.1) is 0 Å². The zero-order valence-electron chi connectivity index (χ0n) is 10.0. The summed E-state index contributed by atoms with van der Waals surface area (Å²) in [6.45, 7) is 0.815. The summed E-state index contributed by atoms with van der Waals surface area (Å²) in [5.41, 5.74) is 0. The van der Waals surface area contributed by atoms with E-state index in [-0.39, 0.29) is 10.9 Å². The molecule has 2 aromatic rings. The van der Waals surface area contributed by atoms with Gasteiger partial charge in [0.2, 0.25) is 0 Å². The first kappa shape index (κ1) is 12.2. The van der Waals surface area contributed by atoms with Crippen LogP contribution in [0.4, 0.5) is 0 Å². The minimum atomic E-state index is -0.282. The lowest BCUT2D eigenvalue weighted by Gasteiger charge is -2.22. The molecule has 2 rings (SSSR count). The van der Waals surface area contributed by atoms with Gasteiger partial charge in [0.15, 0.2) is 0 Å². The maximum atomic E-state index is 5.23. The van der Waals surface area contributed by atoms with E-state index in [4.69, 9.17) is 4.74 Å². The highest BCUT2D eigenvalue weighted by Gasteiger charge is 2.08. The van der Waals surface area contributed by atoms with E-state index in [0.29, 0.717) is 0 Å². The Balaban J connectivity index is 2.26. The average molecular weight is 246 g/mol. The van der Waals surface area contributed by atoms with Gasteiger partial charge in [-0.3, -0.25) is 0 Å². The van der Waals surface area contributed by atoms with Crippen LogP contribution >= 0.6 is 10.9 Å². The molecule has 0 spiro atoms. The number of ether oxygens (including phenoxy) is 1. The molecule has 0 aliphatic carbocycles. The van der Waals surface area contributed by atoms with Gasteiger partial charge >= 0.3 is 0 Å². The summed E-state index contributed by atoms with van der Waals surface area (Å²) in [6.07, 6.45) is 0. The van der Waals surface area contributed by atoms with Gasteiger partial charge in [0.05, 0.1) is 6.61 Å².